The lowest BCUT2D eigenvalue weighted by Gasteiger charge is -2.18. The van der Waals surface area contributed by atoms with Crippen LogP contribution in [0.5, 0.6) is 0 Å². The second-order valence-corrected chi connectivity index (χ2v) is 5.02. The lowest BCUT2D eigenvalue weighted by atomic mass is 10.1. The van der Waals surface area contributed by atoms with Gasteiger partial charge in [-0.1, -0.05) is 18.5 Å². The molecule has 1 N–H and O–H groups in total. The number of amides is 1. The maximum Gasteiger partial charge on any atom is 0.252 e. The summed E-state index contributed by atoms with van der Waals surface area (Å²) in [6.07, 6.45) is 3.37. The van der Waals surface area contributed by atoms with E-state index in [1.165, 1.54) is 12.8 Å². The van der Waals surface area contributed by atoms with Crippen molar-refractivity contribution in [3.05, 3.63) is 28.8 Å². The van der Waals surface area contributed by atoms with E-state index < -0.39 is 0 Å². The van der Waals surface area contributed by atoms with Crippen LogP contribution in [0.1, 0.15) is 36.5 Å². The Kier molecular flexibility index (Phi) is 4.48. The van der Waals surface area contributed by atoms with Crippen molar-refractivity contribution in [3.63, 3.8) is 0 Å². The molecule has 1 aliphatic heterocycles. The van der Waals surface area contributed by atoms with Gasteiger partial charge in [-0.05, 0) is 37.5 Å². The second kappa shape index (κ2) is 6.10. The number of hydrogen-bond acceptors (Lipinski definition) is 2. The quantitative estimate of drug-likeness (QED) is 0.908. The second-order valence-electron chi connectivity index (χ2n) is 4.61. The molecule has 1 amide bonds. The van der Waals surface area contributed by atoms with Crippen molar-refractivity contribution in [2.24, 2.45) is 0 Å². The number of halogens is 1. The molecule has 0 unspecified atom stereocenters. The molecule has 1 aromatic carbocycles. The first-order valence-electron chi connectivity index (χ1n) is 6.55. The zero-order chi connectivity index (χ0) is 13.0. The summed E-state index contributed by atoms with van der Waals surface area (Å²) in [6.45, 7) is 4.85. The number of nitrogens with one attached hydrogen (secondary N) is 1. The van der Waals surface area contributed by atoms with Crippen LogP contribution in [-0.2, 0) is 0 Å². The summed E-state index contributed by atoms with van der Waals surface area (Å²) < 4.78 is 0. The first-order chi connectivity index (χ1) is 8.72. The average molecular weight is 267 g/mol. The van der Waals surface area contributed by atoms with E-state index in [1.54, 1.807) is 0 Å². The van der Waals surface area contributed by atoms with Gasteiger partial charge in [-0.15, -0.1) is 0 Å². The van der Waals surface area contributed by atoms with Gasteiger partial charge in [-0.3, -0.25) is 4.79 Å². The molecule has 4 heteroatoms. The summed E-state index contributed by atoms with van der Waals surface area (Å²) in [5.74, 6) is -0.0807. The maximum absolute atomic E-state index is 12.0. The van der Waals surface area contributed by atoms with E-state index in [2.05, 4.69) is 10.2 Å². The van der Waals surface area contributed by atoms with Gasteiger partial charge in [-0.25, -0.2) is 0 Å². The van der Waals surface area contributed by atoms with E-state index in [0.717, 1.165) is 25.2 Å². The molecule has 1 aromatic rings. The first kappa shape index (κ1) is 13.2. The van der Waals surface area contributed by atoms with Gasteiger partial charge >= 0.3 is 0 Å². The van der Waals surface area contributed by atoms with Crippen molar-refractivity contribution in [2.75, 3.05) is 24.5 Å². The molecule has 98 valence electrons. The first-order valence-corrected chi connectivity index (χ1v) is 6.93. The minimum Gasteiger partial charge on any atom is -0.372 e. The van der Waals surface area contributed by atoms with Crippen LogP contribution in [0.4, 0.5) is 5.69 Å². The molecule has 0 radical (unpaired) electrons. The van der Waals surface area contributed by atoms with Gasteiger partial charge in [0.15, 0.2) is 0 Å². The van der Waals surface area contributed by atoms with Crippen molar-refractivity contribution in [3.8, 4) is 0 Å². The average Bonchev–Trinajstić information content (AvgIpc) is 2.90. The molecule has 0 spiro atoms. The Hall–Kier alpha value is -1.22. The summed E-state index contributed by atoms with van der Waals surface area (Å²) in [5, 5.41) is 3.39. The fourth-order valence-electron chi connectivity index (χ4n) is 2.19. The molecular weight excluding hydrogens is 248 g/mol. The van der Waals surface area contributed by atoms with Crippen LogP contribution >= 0.6 is 11.6 Å². The third kappa shape index (κ3) is 2.96. The van der Waals surface area contributed by atoms with Crippen molar-refractivity contribution in [1.82, 2.24) is 5.32 Å². The van der Waals surface area contributed by atoms with E-state index in [1.807, 2.05) is 25.1 Å². The topological polar surface area (TPSA) is 32.3 Å². The number of carbonyl (C=O) groups is 1. The van der Waals surface area contributed by atoms with E-state index in [4.69, 9.17) is 11.6 Å². The minimum atomic E-state index is -0.0807. The predicted octanol–water partition coefficient (Wildman–Crippen LogP) is 3.08. The number of rotatable bonds is 4. The Morgan fingerprint density at radius 2 is 2.11 bits per heavy atom. The van der Waals surface area contributed by atoms with E-state index in [0.29, 0.717) is 17.1 Å². The third-order valence-corrected chi connectivity index (χ3v) is 3.53. The molecular formula is C14H19ClN2O. The lowest BCUT2D eigenvalue weighted by Crippen LogP contribution is -2.25. The van der Waals surface area contributed by atoms with Gasteiger partial charge < -0.3 is 10.2 Å². The normalized spacial score (nSPS) is 14.9. The molecule has 0 saturated carbocycles. The van der Waals surface area contributed by atoms with E-state index in [9.17, 15) is 4.79 Å². The largest absolute Gasteiger partial charge is 0.372 e. The Bertz CT molecular complexity index is 428. The fourth-order valence-corrected chi connectivity index (χ4v) is 2.40. The fraction of sp³-hybridized carbons (Fsp3) is 0.500. The highest BCUT2D eigenvalue weighted by Gasteiger charge is 2.16. The van der Waals surface area contributed by atoms with Crippen LogP contribution in [0.3, 0.4) is 0 Å². The van der Waals surface area contributed by atoms with Crippen LogP contribution in [0.2, 0.25) is 5.02 Å². The highest BCUT2D eigenvalue weighted by Crippen LogP contribution is 2.25. The number of anilines is 1. The van der Waals surface area contributed by atoms with Crippen LogP contribution in [0.15, 0.2) is 18.2 Å². The number of carbonyl (C=O) groups excluding carboxylic acids is 1. The number of nitrogens with zero attached hydrogens (tertiary/aromatic N) is 1. The van der Waals surface area contributed by atoms with Gasteiger partial charge in [0.25, 0.3) is 5.91 Å². The standard InChI is InChI=1S/C14H19ClN2O/c1-2-7-16-14(18)12-10-11(5-6-13(12)15)17-8-3-4-9-17/h5-6,10H,2-4,7-9H2,1H3,(H,16,18). The van der Waals surface area contributed by atoms with Crippen molar-refractivity contribution < 1.29 is 4.79 Å². The molecule has 0 bridgehead atoms. The molecule has 2 rings (SSSR count). The highest BCUT2D eigenvalue weighted by molar-refractivity contribution is 6.34. The van der Waals surface area contributed by atoms with Crippen LogP contribution < -0.4 is 10.2 Å². The van der Waals surface area contributed by atoms with Gasteiger partial charge in [0.1, 0.15) is 0 Å². The van der Waals surface area contributed by atoms with Gasteiger partial charge in [-0.2, -0.15) is 0 Å². The lowest BCUT2D eigenvalue weighted by molar-refractivity contribution is 0.0954. The van der Waals surface area contributed by atoms with Crippen molar-refractivity contribution in [2.45, 2.75) is 26.2 Å². The van der Waals surface area contributed by atoms with Crippen LogP contribution in [0.25, 0.3) is 0 Å². The zero-order valence-electron chi connectivity index (χ0n) is 10.7. The Labute approximate surface area is 113 Å². The molecule has 1 saturated heterocycles. The number of hydrogen-bond donors (Lipinski definition) is 1. The molecule has 1 heterocycles. The third-order valence-electron chi connectivity index (χ3n) is 3.20. The van der Waals surface area contributed by atoms with E-state index >= 15 is 0 Å². The Morgan fingerprint density at radius 3 is 2.78 bits per heavy atom. The molecule has 0 aromatic heterocycles. The van der Waals surface area contributed by atoms with Crippen molar-refractivity contribution >= 4 is 23.2 Å². The van der Waals surface area contributed by atoms with E-state index in [-0.39, 0.29) is 5.91 Å². The highest BCUT2D eigenvalue weighted by atomic mass is 35.5. The maximum atomic E-state index is 12.0. The summed E-state index contributed by atoms with van der Waals surface area (Å²) in [7, 11) is 0. The smallest absolute Gasteiger partial charge is 0.252 e. The molecule has 1 fully saturated rings. The van der Waals surface area contributed by atoms with Crippen molar-refractivity contribution in [1.29, 1.82) is 0 Å². The molecule has 0 atom stereocenters. The van der Waals surface area contributed by atoms with Crippen LogP contribution in [0, 0.1) is 0 Å². The summed E-state index contributed by atoms with van der Waals surface area (Å²) in [4.78, 5) is 14.3. The SMILES string of the molecule is CCCNC(=O)c1cc(N2CCCC2)ccc1Cl. The summed E-state index contributed by atoms with van der Waals surface area (Å²) in [6, 6.07) is 5.71. The molecule has 3 nitrogen and oxygen atoms in total. The summed E-state index contributed by atoms with van der Waals surface area (Å²) in [5.41, 5.74) is 1.67. The Morgan fingerprint density at radius 1 is 1.39 bits per heavy atom. The molecule has 1 aliphatic rings. The predicted molar refractivity (Wildman–Crippen MR) is 75.5 cm³/mol. The Balaban J connectivity index is 2.17. The minimum absolute atomic E-state index is 0.0807. The number of benzene rings is 1. The molecule has 18 heavy (non-hydrogen) atoms. The van der Waals surface area contributed by atoms with Gasteiger partial charge in [0.05, 0.1) is 10.6 Å². The zero-order valence-corrected chi connectivity index (χ0v) is 11.5. The van der Waals surface area contributed by atoms with Crippen LogP contribution in [-0.4, -0.2) is 25.5 Å². The molecule has 0 aliphatic carbocycles. The monoisotopic (exact) mass is 266 g/mol. The van der Waals surface area contributed by atoms with Gasteiger partial charge in [0.2, 0.25) is 0 Å². The van der Waals surface area contributed by atoms with Gasteiger partial charge in [0, 0.05) is 25.3 Å². The summed E-state index contributed by atoms with van der Waals surface area (Å²) >= 11 is 6.10.